The standard InChI is InChI=1S/C14H14BrFN2/c15-12-7-6-11(9-13(12)16)14(18-17)8-10-4-2-1-3-5-10/h1-7,9,14,18H,8,17H2. The monoisotopic (exact) mass is 308 g/mol. The molecule has 0 heterocycles. The van der Waals surface area contributed by atoms with Crippen molar-refractivity contribution >= 4 is 15.9 Å². The number of nitrogens with one attached hydrogen (secondary N) is 1. The van der Waals surface area contributed by atoms with Crippen molar-refractivity contribution in [1.29, 1.82) is 0 Å². The third kappa shape index (κ3) is 3.16. The fourth-order valence-electron chi connectivity index (χ4n) is 1.85. The van der Waals surface area contributed by atoms with Gasteiger partial charge < -0.3 is 0 Å². The van der Waals surface area contributed by atoms with E-state index in [0.717, 1.165) is 17.5 Å². The van der Waals surface area contributed by atoms with Crippen LogP contribution in [0.5, 0.6) is 0 Å². The molecule has 3 N–H and O–H groups in total. The molecular formula is C14H14BrFN2. The Morgan fingerprint density at radius 2 is 1.89 bits per heavy atom. The summed E-state index contributed by atoms with van der Waals surface area (Å²) in [5.41, 5.74) is 4.72. The summed E-state index contributed by atoms with van der Waals surface area (Å²) in [6, 6.07) is 14.9. The van der Waals surface area contributed by atoms with Crippen LogP contribution in [0, 0.1) is 5.82 Å². The van der Waals surface area contributed by atoms with Gasteiger partial charge >= 0.3 is 0 Å². The largest absolute Gasteiger partial charge is 0.271 e. The molecule has 0 aliphatic heterocycles. The fraction of sp³-hybridized carbons (Fsp3) is 0.143. The minimum atomic E-state index is -0.277. The van der Waals surface area contributed by atoms with E-state index in [1.54, 1.807) is 6.07 Å². The van der Waals surface area contributed by atoms with Crippen LogP contribution in [0.1, 0.15) is 17.2 Å². The maximum Gasteiger partial charge on any atom is 0.137 e. The predicted molar refractivity (Wildman–Crippen MR) is 74.3 cm³/mol. The van der Waals surface area contributed by atoms with Gasteiger partial charge in [-0.3, -0.25) is 11.3 Å². The Balaban J connectivity index is 2.20. The second-order valence-electron chi connectivity index (χ2n) is 4.08. The van der Waals surface area contributed by atoms with Crippen LogP contribution in [0.25, 0.3) is 0 Å². The van der Waals surface area contributed by atoms with Crippen LogP contribution in [-0.2, 0) is 6.42 Å². The quantitative estimate of drug-likeness (QED) is 0.671. The molecule has 2 rings (SSSR count). The van der Waals surface area contributed by atoms with E-state index in [-0.39, 0.29) is 11.9 Å². The Bertz CT molecular complexity index is 516. The van der Waals surface area contributed by atoms with Crippen LogP contribution in [-0.4, -0.2) is 0 Å². The maximum atomic E-state index is 13.5. The van der Waals surface area contributed by atoms with Crippen molar-refractivity contribution in [3.8, 4) is 0 Å². The third-order valence-corrected chi connectivity index (χ3v) is 3.47. The molecule has 4 heteroatoms. The molecule has 0 spiro atoms. The zero-order chi connectivity index (χ0) is 13.0. The SMILES string of the molecule is NNC(Cc1ccccc1)c1ccc(Br)c(F)c1. The molecule has 0 aliphatic carbocycles. The van der Waals surface area contributed by atoms with Gasteiger partial charge in [-0.2, -0.15) is 0 Å². The van der Waals surface area contributed by atoms with Gasteiger partial charge in [0.25, 0.3) is 0 Å². The number of hydrogen-bond acceptors (Lipinski definition) is 2. The van der Waals surface area contributed by atoms with Gasteiger partial charge in [-0.15, -0.1) is 0 Å². The first-order valence-electron chi connectivity index (χ1n) is 5.65. The normalized spacial score (nSPS) is 12.4. The molecule has 2 nitrogen and oxygen atoms in total. The fourth-order valence-corrected chi connectivity index (χ4v) is 2.10. The number of rotatable bonds is 4. The van der Waals surface area contributed by atoms with Gasteiger partial charge in [0.05, 0.1) is 10.5 Å². The Hall–Kier alpha value is -1.23. The topological polar surface area (TPSA) is 38.0 Å². The van der Waals surface area contributed by atoms with Gasteiger partial charge in [0, 0.05) is 0 Å². The Morgan fingerprint density at radius 1 is 1.17 bits per heavy atom. The highest BCUT2D eigenvalue weighted by molar-refractivity contribution is 9.10. The first kappa shape index (κ1) is 13.2. The van der Waals surface area contributed by atoms with Crippen molar-refractivity contribution in [2.24, 2.45) is 5.84 Å². The molecule has 18 heavy (non-hydrogen) atoms. The van der Waals surface area contributed by atoms with Crippen molar-refractivity contribution in [1.82, 2.24) is 5.43 Å². The molecule has 1 atom stereocenters. The zero-order valence-corrected chi connectivity index (χ0v) is 11.3. The summed E-state index contributed by atoms with van der Waals surface area (Å²) < 4.78 is 14.0. The third-order valence-electron chi connectivity index (χ3n) is 2.83. The Kier molecular flexibility index (Phi) is 4.47. The lowest BCUT2D eigenvalue weighted by Crippen LogP contribution is -2.29. The summed E-state index contributed by atoms with van der Waals surface area (Å²) in [5, 5.41) is 0. The molecule has 0 aliphatic rings. The minimum absolute atomic E-state index is 0.102. The number of nitrogens with two attached hydrogens (primary N) is 1. The Labute approximate surface area is 114 Å². The molecule has 0 bridgehead atoms. The van der Waals surface area contributed by atoms with Crippen LogP contribution in [0.3, 0.4) is 0 Å². The van der Waals surface area contributed by atoms with Crippen molar-refractivity contribution < 1.29 is 4.39 Å². The number of halogens is 2. The average molecular weight is 309 g/mol. The van der Waals surface area contributed by atoms with Gasteiger partial charge in [0.15, 0.2) is 0 Å². The minimum Gasteiger partial charge on any atom is -0.271 e. The molecule has 0 aromatic heterocycles. The zero-order valence-electron chi connectivity index (χ0n) is 9.74. The van der Waals surface area contributed by atoms with E-state index in [9.17, 15) is 4.39 Å². The van der Waals surface area contributed by atoms with Crippen LogP contribution in [0.4, 0.5) is 4.39 Å². The van der Waals surface area contributed by atoms with Gasteiger partial charge in [-0.25, -0.2) is 4.39 Å². The van der Waals surface area contributed by atoms with Crippen molar-refractivity contribution in [3.05, 3.63) is 69.9 Å². The van der Waals surface area contributed by atoms with Crippen molar-refractivity contribution in [2.45, 2.75) is 12.5 Å². The second kappa shape index (κ2) is 6.09. The van der Waals surface area contributed by atoms with E-state index in [2.05, 4.69) is 21.4 Å². The van der Waals surface area contributed by atoms with E-state index in [0.29, 0.717) is 4.47 Å². The Morgan fingerprint density at radius 3 is 2.50 bits per heavy atom. The molecule has 0 saturated heterocycles. The molecule has 0 fully saturated rings. The molecule has 94 valence electrons. The highest BCUT2D eigenvalue weighted by atomic mass is 79.9. The summed E-state index contributed by atoms with van der Waals surface area (Å²) >= 11 is 3.14. The number of hydrogen-bond donors (Lipinski definition) is 2. The lowest BCUT2D eigenvalue weighted by molar-refractivity contribution is 0.543. The highest BCUT2D eigenvalue weighted by Gasteiger charge is 2.12. The molecular weight excluding hydrogens is 295 g/mol. The summed E-state index contributed by atoms with van der Waals surface area (Å²) in [6.07, 6.45) is 0.721. The van der Waals surface area contributed by atoms with Crippen LogP contribution < -0.4 is 11.3 Å². The van der Waals surface area contributed by atoms with E-state index in [1.807, 2.05) is 36.4 Å². The summed E-state index contributed by atoms with van der Waals surface area (Å²) in [6.45, 7) is 0. The predicted octanol–water partition coefficient (Wildman–Crippen LogP) is 3.34. The lowest BCUT2D eigenvalue weighted by Gasteiger charge is -2.16. The summed E-state index contributed by atoms with van der Waals surface area (Å²) in [5.74, 6) is 5.28. The van der Waals surface area contributed by atoms with Crippen molar-refractivity contribution in [2.75, 3.05) is 0 Å². The summed E-state index contributed by atoms with van der Waals surface area (Å²) in [7, 11) is 0. The van der Waals surface area contributed by atoms with Crippen LogP contribution >= 0.6 is 15.9 Å². The van der Waals surface area contributed by atoms with E-state index in [4.69, 9.17) is 5.84 Å². The number of benzene rings is 2. The summed E-state index contributed by atoms with van der Waals surface area (Å²) in [4.78, 5) is 0. The molecule has 2 aromatic rings. The molecule has 0 radical (unpaired) electrons. The second-order valence-corrected chi connectivity index (χ2v) is 4.94. The molecule has 2 aromatic carbocycles. The van der Waals surface area contributed by atoms with E-state index in [1.165, 1.54) is 6.07 Å². The van der Waals surface area contributed by atoms with Crippen LogP contribution in [0.15, 0.2) is 53.0 Å². The molecule has 1 unspecified atom stereocenters. The van der Waals surface area contributed by atoms with Gasteiger partial charge in [0.2, 0.25) is 0 Å². The van der Waals surface area contributed by atoms with E-state index < -0.39 is 0 Å². The smallest absolute Gasteiger partial charge is 0.137 e. The van der Waals surface area contributed by atoms with Gasteiger partial charge in [0.1, 0.15) is 5.82 Å². The van der Waals surface area contributed by atoms with Gasteiger partial charge in [-0.05, 0) is 45.6 Å². The van der Waals surface area contributed by atoms with Crippen molar-refractivity contribution in [3.63, 3.8) is 0 Å². The first-order chi connectivity index (χ1) is 8.70. The molecule has 0 amide bonds. The average Bonchev–Trinajstić information content (AvgIpc) is 2.40. The highest BCUT2D eigenvalue weighted by Crippen LogP contribution is 2.22. The maximum absolute atomic E-state index is 13.5. The first-order valence-corrected chi connectivity index (χ1v) is 6.45. The lowest BCUT2D eigenvalue weighted by atomic mass is 9.99. The van der Waals surface area contributed by atoms with Gasteiger partial charge in [-0.1, -0.05) is 36.4 Å². The van der Waals surface area contributed by atoms with Crippen LogP contribution in [0.2, 0.25) is 0 Å². The molecule has 0 saturated carbocycles. The number of hydrazine groups is 1. The van der Waals surface area contributed by atoms with E-state index >= 15 is 0 Å².